The van der Waals surface area contributed by atoms with Crippen molar-refractivity contribution in [2.24, 2.45) is 5.92 Å². The zero-order valence-corrected chi connectivity index (χ0v) is 18.1. The summed E-state index contributed by atoms with van der Waals surface area (Å²) in [5.41, 5.74) is 1.66. The van der Waals surface area contributed by atoms with E-state index in [1.54, 1.807) is 23.1 Å². The Morgan fingerprint density at radius 3 is 2.56 bits per heavy atom. The van der Waals surface area contributed by atoms with E-state index in [0.29, 0.717) is 53.9 Å². The van der Waals surface area contributed by atoms with Gasteiger partial charge in [-0.15, -0.1) is 0 Å². The number of benzene rings is 2. The number of nitrogens with zero attached hydrogens (tertiary/aromatic N) is 4. The molecule has 3 heterocycles. The normalized spacial score (nSPS) is 14.3. The molecule has 0 atom stereocenters. The summed E-state index contributed by atoms with van der Waals surface area (Å²) < 4.78 is 14.6. The summed E-state index contributed by atoms with van der Waals surface area (Å²) in [6, 6.07) is 12.6. The number of aromatic nitrogens is 4. The first-order chi connectivity index (χ1) is 16.5. The maximum absolute atomic E-state index is 13.1. The molecule has 2 amide bonds. The first kappa shape index (κ1) is 21.5. The lowest BCUT2D eigenvalue weighted by Crippen LogP contribution is -2.41. The number of carbonyl (C=O) groups is 2. The number of H-pyrrole nitrogens is 1. The van der Waals surface area contributed by atoms with Gasteiger partial charge in [-0.3, -0.25) is 14.4 Å². The number of amides is 2. The lowest BCUT2D eigenvalue weighted by Gasteiger charge is -2.31. The number of piperidine rings is 1. The van der Waals surface area contributed by atoms with E-state index < -0.39 is 5.82 Å². The van der Waals surface area contributed by atoms with Crippen molar-refractivity contribution in [1.82, 2.24) is 24.6 Å². The summed E-state index contributed by atoms with van der Waals surface area (Å²) in [6.45, 7) is 0.874. The molecule has 10 heteroatoms. The fourth-order valence-corrected chi connectivity index (χ4v) is 4.15. The van der Waals surface area contributed by atoms with Crippen molar-refractivity contribution in [2.75, 3.05) is 18.4 Å². The van der Waals surface area contributed by atoms with Crippen molar-refractivity contribution in [3.63, 3.8) is 0 Å². The smallest absolute Gasteiger partial charge is 0.261 e. The second-order valence-electron chi connectivity index (χ2n) is 8.11. The topological polar surface area (TPSA) is 113 Å². The highest BCUT2D eigenvalue weighted by molar-refractivity contribution is 5.96. The molecular formula is C24H21FN6O3. The van der Waals surface area contributed by atoms with Gasteiger partial charge in [0, 0.05) is 24.6 Å². The van der Waals surface area contributed by atoms with Crippen molar-refractivity contribution < 1.29 is 14.0 Å². The molecule has 1 aliphatic rings. The molecule has 0 saturated carbocycles. The number of anilines is 1. The molecule has 4 aromatic rings. The molecule has 1 fully saturated rings. The molecule has 0 spiro atoms. The quantitative estimate of drug-likeness (QED) is 0.486. The highest BCUT2D eigenvalue weighted by Crippen LogP contribution is 2.25. The maximum atomic E-state index is 13.1. The number of rotatable bonds is 4. The highest BCUT2D eigenvalue weighted by Gasteiger charge is 2.28. The van der Waals surface area contributed by atoms with Crippen LogP contribution in [0.5, 0.6) is 0 Å². The van der Waals surface area contributed by atoms with E-state index in [-0.39, 0.29) is 23.3 Å². The standard InChI is InChI=1S/C24H21FN6O3/c25-17-7-5-16(6-8-17)24(34)30-11-9-15(10-12-30)22(32)29-19-3-1-2-4-20(19)31-21-18(13-28-31)23(33)27-14-26-21/h1-8,13-15H,9-12H2,(H,29,32)(H,26,27,33). The molecule has 5 rings (SSSR count). The van der Waals surface area contributed by atoms with Crippen LogP contribution >= 0.6 is 0 Å². The van der Waals surface area contributed by atoms with Crippen LogP contribution in [0.3, 0.4) is 0 Å². The summed E-state index contributed by atoms with van der Waals surface area (Å²) in [7, 11) is 0. The fourth-order valence-electron chi connectivity index (χ4n) is 4.15. The molecule has 0 aliphatic carbocycles. The Bertz CT molecular complexity index is 1420. The Morgan fingerprint density at radius 2 is 1.79 bits per heavy atom. The Balaban J connectivity index is 1.29. The first-order valence-electron chi connectivity index (χ1n) is 10.9. The molecule has 0 bridgehead atoms. The van der Waals surface area contributed by atoms with Crippen LogP contribution in [0, 0.1) is 11.7 Å². The largest absolute Gasteiger partial charge is 0.339 e. The van der Waals surface area contributed by atoms with Gasteiger partial charge in [-0.1, -0.05) is 12.1 Å². The highest BCUT2D eigenvalue weighted by atomic mass is 19.1. The molecule has 0 radical (unpaired) electrons. The minimum absolute atomic E-state index is 0.149. The van der Waals surface area contributed by atoms with Crippen LogP contribution in [0.15, 0.2) is 65.8 Å². The van der Waals surface area contributed by atoms with Crippen LogP contribution in [0.2, 0.25) is 0 Å². The van der Waals surface area contributed by atoms with Gasteiger partial charge < -0.3 is 15.2 Å². The monoisotopic (exact) mass is 460 g/mol. The van der Waals surface area contributed by atoms with Gasteiger partial charge in [0.25, 0.3) is 11.5 Å². The summed E-state index contributed by atoms with van der Waals surface area (Å²) in [6.07, 6.45) is 3.78. The molecule has 34 heavy (non-hydrogen) atoms. The number of aromatic amines is 1. The van der Waals surface area contributed by atoms with E-state index in [0.717, 1.165) is 0 Å². The number of nitrogens with one attached hydrogen (secondary N) is 2. The van der Waals surface area contributed by atoms with E-state index >= 15 is 0 Å². The summed E-state index contributed by atoms with van der Waals surface area (Å²) in [4.78, 5) is 46.1. The molecule has 2 aromatic carbocycles. The van der Waals surface area contributed by atoms with E-state index in [1.807, 2.05) is 6.07 Å². The Morgan fingerprint density at radius 1 is 1.06 bits per heavy atom. The van der Waals surface area contributed by atoms with Gasteiger partial charge in [-0.25, -0.2) is 14.1 Å². The van der Waals surface area contributed by atoms with Crippen molar-refractivity contribution in [3.8, 4) is 5.69 Å². The van der Waals surface area contributed by atoms with Crippen LogP contribution in [-0.4, -0.2) is 49.6 Å². The summed E-state index contributed by atoms with van der Waals surface area (Å²) in [5.74, 6) is -0.973. The Kier molecular flexibility index (Phi) is 5.62. The lowest BCUT2D eigenvalue weighted by molar-refractivity contribution is -0.121. The molecule has 1 saturated heterocycles. The number of fused-ring (bicyclic) bond motifs is 1. The number of likely N-dealkylation sites (tertiary alicyclic amines) is 1. The van der Waals surface area contributed by atoms with Crippen LogP contribution in [0.1, 0.15) is 23.2 Å². The van der Waals surface area contributed by atoms with Gasteiger partial charge in [0.15, 0.2) is 5.65 Å². The van der Waals surface area contributed by atoms with Gasteiger partial charge in [0.2, 0.25) is 5.91 Å². The van der Waals surface area contributed by atoms with Gasteiger partial charge in [-0.2, -0.15) is 5.10 Å². The van der Waals surface area contributed by atoms with Gasteiger partial charge in [-0.05, 0) is 49.2 Å². The average molecular weight is 460 g/mol. The summed E-state index contributed by atoms with van der Waals surface area (Å²) >= 11 is 0. The third kappa shape index (κ3) is 4.05. The van der Waals surface area contributed by atoms with Crippen molar-refractivity contribution in [3.05, 3.63) is 82.8 Å². The molecule has 2 aromatic heterocycles. The van der Waals surface area contributed by atoms with Gasteiger partial charge >= 0.3 is 0 Å². The van der Waals surface area contributed by atoms with Crippen molar-refractivity contribution in [1.29, 1.82) is 0 Å². The molecule has 172 valence electrons. The van der Waals surface area contributed by atoms with E-state index in [2.05, 4.69) is 20.4 Å². The number of carbonyl (C=O) groups excluding carboxylic acids is 2. The van der Waals surface area contributed by atoms with Crippen molar-refractivity contribution in [2.45, 2.75) is 12.8 Å². The van der Waals surface area contributed by atoms with Crippen molar-refractivity contribution >= 4 is 28.5 Å². The van der Waals surface area contributed by atoms with Gasteiger partial charge in [0.1, 0.15) is 11.2 Å². The summed E-state index contributed by atoms with van der Waals surface area (Å²) in [5, 5.41) is 7.61. The second-order valence-corrected chi connectivity index (χ2v) is 8.11. The van der Waals surface area contributed by atoms with Crippen LogP contribution < -0.4 is 10.9 Å². The second kappa shape index (κ2) is 8.89. The molecule has 1 aliphatic heterocycles. The zero-order valence-electron chi connectivity index (χ0n) is 18.1. The first-order valence-corrected chi connectivity index (χ1v) is 10.9. The number of hydrogen-bond donors (Lipinski definition) is 2. The van der Waals surface area contributed by atoms with Gasteiger partial charge in [0.05, 0.1) is 23.9 Å². The predicted molar refractivity (Wildman–Crippen MR) is 123 cm³/mol. The predicted octanol–water partition coefficient (Wildman–Crippen LogP) is 2.74. The molecule has 2 N–H and O–H groups in total. The minimum atomic E-state index is -0.391. The SMILES string of the molecule is O=C(Nc1ccccc1-n1ncc2c(=O)[nH]cnc21)C1CCN(C(=O)c2ccc(F)cc2)CC1. The zero-order chi connectivity index (χ0) is 23.7. The molecular weight excluding hydrogens is 439 g/mol. The fraction of sp³-hybridized carbons (Fsp3) is 0.208. The molecule has 0 unspecified atom stereocenters. The van der Waals surface area contributed by atoms with E-state index in [1.165, 1.54) is 41.5 Å². The molecule has 9 nitrogen and oxygen atoms in total. The maximum Gasteiger partial charge on any atom is 0.261 e. The number of halogens is 1. The minimum Gasteiger partial charge on any atom is -0.339 e. The van der Waals surface area contributed by atoms with E-state index in [9.17, 15) is 18.8 Å². The third-order valence-corrected chi connectivity index (χ3v) is 6.01. The average Bonchev–Trinajstić information content (AvgIpc) is 3.30. The lowest BCUT2D eigenvalue weighted by atomic mass is 9.95. The van der Waals surface area contributed by atoms with Crippen LogP contribution in [-0.2, 0) is 4.79 Å². The van der Waals surface area contributed by atoms with E-state index in [4.69, 9.17) is 0 Å². The van der Waals surface area contributed by atoms with Crippen LogP contribution in [0.25, 0.3) is 16.7 Å². The number of para-hydroxylation sites is 2. The Hall–Kier alpha value is -4.34. The third-order valence-electron chi connectivity index (χ3n) is 6.01. The number of hydrogen-bond acceptors (Lipinski definition) is 5. The Labute approximate surface area is 193 Å². The van der Waals surface area contributed by atoms with Crippen LogP contribution in [0.4, 0.5) is 10.1 Å².